The van der Waals surface area contributed by atoms with E-state index >= 15 is 0 Å². The molecule has 0 fully saturated rings. The van der Waals surface area contributed by atoms with Gasteiger partial charge in [-0.2, -0.15) is 0 Å². The Morgan fingerprint density at radius 1 is 1.22 bits per heavy atom. The van der Waals surface area contributed by atoms with Crippen molar-refractivity contribution in [2.24, 2.45) is 0 Å². The number of para-hydroxylation sites is 1. The van der Waals surface area contributed by atoms with E-state index in [2.05, 4.69) is 9.71 Å². The van der Waals surface area contributed by atoms with Crippen molar-refractivity contribution >= 4 is 27.3 Å². The molecule has 0 aliphatic carbocycles. The molecule has 0 saturated carbocycles. The van der Waals surface area contributed by atoms with Crippen LogP contribution in [0.25, 0.3) is 5.65 Å². The van der Waals surface area contributed by atoms with Crippen molar-refractivity contribution in [3.8, 4) is 5.75 Å². The summed E-state index contributed by atoms with van der Waals surface area (Å²) >= 11 is 5.92. The molecule has 6 nitrogen and oxygen atoms in total. The van der Waals surface area contributed by atoms with E-state index in [0.717, 1.165) is 0 Å². The van der Waals surface area contributed by atoms with E-state index in [1.54, 1.807) is 47.1 Å². The number of sulfonamides is 1. The number of fused-ring (bicyclic) bond motifs is 1. The van der Waals surface area contributed by atoms with Crippen LogP contribution >= 0.6 is 11.6 Å². The molecule has 120 valence electrons. The lowest BCUT2D eigenvalue weighted by Crippen LogP contribution is -2.23. The highest BCUT2D eigenvalue weighted by molar-refractivity contribution is 7.89. The van der Waals surface area contributed by atoms with Crippen LogP contribution in [0.3, 0.4) is 0 Å². The predicted octanol–water partition coefficient (Wildman–Crippen LogP) is 2.47. The number of hydrogen-bond donors (Lipinski definition) is 1. The molecule has 23 heavy (non-hydrogen) atoms. The van der Waals surface area contributed by atoms with Crippen molar-refractivity contribution in [1.29, 1.82) is 0 Å². The van der Waals surface area contributed by atoms with Gasteiger partial charge in [0, 0.05) is 12.4 Å². The number of hydrogen-bond acceptors (Lipinski definition) is 4. The van der Waals surface area contributed by atoms with Gasteiger partial charge >= 0.3 is 0 Å². The second-order valence-electron chi connectivity index (χ2n) is 4.82. The van der Waals surface area contributed by atoms with E-state index in [-0.39, 0.29) is 11.4 Å². The van der Waals surface area contributed by atoms with Crippen molar-refractivity contribution in [2.45, 2.75) is 11.4 Å². The Labute approximate surface area is 138 Å². The number of benzene rings is 1. The maximum atomic E-state index is 12.4. The van der Waals surface area contributed by atoms with E-state index in [1.165, 1.54) is 13.2 Å². The second-order valence-corrected chi connectivity index (χ2v) is 6.99. The largest absolute Gasteiger partial charge is 0.495 e. The van der Waals surface area contributed by atoms with Gasteiger partial charge in [0.15, 0.2) is 0 Å². The number of halogens is 1. The zero-order chi connectivity index (χ0) is 16.4. The first-order chi connectivity index (χ1) is 11.0. The minimum Gasteiger partial charge on any atom is -0.495 e. The van der Waals surface area contributed by atoms with Crippen LogP contribution in [-0.4, -0.2) is 24.9 Å². The number of pyridine rings is 1. The monoisotopic (exact) mass is 351 g/mol. The molecule has 0 unspecified atom stereocenters. The third-order valence-corrected chi connectivity index (χ3v) is 4.93. The molecule has 0 spiro atoms. The summed E-state index contributed by atoms with van der Waals surface area (Å²) in [6.45, 7) is 0.0691. The number of aromatic nitrogens is 2. The Bertz CT molecular complexity index is 954. The van der Waals surface area contributed by atoms with Crippen LogP contribution in [0.2, 0.25) is 5.02 Å². The maximum absolute atomic E-state index is 12.4. The molecule has 0 amide bonds. The molecule has 3 rings (SSSR count). The minimum absolute atomic E-state index is 0.0691. The van der Waals surface area contributed by atoms with Gasteiger partial charge in [-0.05, 0) is 24.3 Å². The van der Waals surface area contributed by atoms with Crippen LogP contribution < -0.4 is 9.46 Å². The van der Waals surface area contributed by atoms with E-state index < -0.39 is 10.0 Å². The quantitative estimate of drug-likeness (QED) is 0.766. The Balaban J connectivity index is 1.83. The average Bonchev–Trinajstić information content (AvgIpc) is 2.95. The lowest BCUT2D eigenvalue weighted by molar-refractivity contribution is 0.402. The molecule has 2 heterocycles. The summed E-state index contributed by atoms with van der Waals surface area (Å²) in [6.07, 6.45) is 3.44. The Morgan fingerprint density at radius 2 is 2.00 bits per heavy atom. The molecule has 0 bridgehead atoms. The number of nitrogens with zero attached hydrogens (tertiary/aromatic N) is 2. The molecule has 0 saturated heterocycles. The van der Waals surface area contributed by atoms with Gasteiger partial charge in [0.2, 0.25) is 10.0 Å². The highest BCUT2D eigenvalue weighted by Crippen LogP contribution is 2.22. The third-order valence-electron chi connectivity index (χ3n) is 3.27. The molecular formula is C15H14ClN3O3S. The molecule has 0 radical (unpaired) electrons. The highest BCUT2D eigenvalue weighted by Gasteiger charge is 2.19. The molecule has 0 aliphatic heterocycles. The van der Waals surface area contributed by atoms with Crippen molar-refractivity contribution in [3.05, 3.63) is 59.5 Å². The van der Waals surface area contributed by atoms with Crippen LogP contribution in [-0.2, 0) is 16.6 Å². The van der Waals surface area contributed by atoms with Crippen molar-refractivity contribution in [1.82, 2.24) is 14.1 Å². The summed E-state index contributed by atoms with van der Waals surface area (Å²) in [5.41, 5.74) is 1.28. The minimum atomic E-state index is -3.70. The van der Waals surface area contributed by atoms with Gasteiger partial charge in [-0.3, -0.25) is 0 Å². The van der Waals surface area contributed by atoms with Gasteiger partial charge in [0.25, 0.3) is 0 Å². The number of nitrogens with one attached hydrogen (secondary N) is 1. The molecule has 3 aromatic rings. The molecule has 0 aliphatic rings. The van der Waals surface area contributed by atoms with Gasteiger partial charge in [-0.1, -0.05) is 23.7 Å². The van der Waals surface area contributed by atoms with Crippen LogP contribution in [0.1, 0.15) is 5.69 Å². The zero-order valence-corrected chi connectivity index (χ0v) is 13.8. The van der Waals surface area contributed by atoms with Gasteiger partial charge in [0.1, 0.15) is 16.3 Å². The number of imidazole rings is 1. The molecule has 1 aromatic carbocycles. The number of rotatable bonds is 5. The Kier molecular flexibility index (Phi) is 4.25. The lowest BCUT2D eigenvalue weighted by atomic mass is 10.3. The Morgan fingerprint density at radius 3 is 2.78 bits per heavy atom. The fourth-order valence-electron chi connectivity index (χ4n) is 2.19. The summed E-state index contributed by atoms with van der Waals surface area (Å²) in [5.74, 6) is 0.293. The molecule has 1 N–H and O–H groups in total. The van der Waals surface area contributed by atoms with Gasteiger partial charge < -0.3 is 9.14 Å². The summed E-state index contributed by atoms with van der Waals surface area (Å²) in [7, 11) is -2.27. The highest BCUT2D eigenvalue weighted by atomic mass is 35.5. The number of methoxy groups -OCH3 is 1. The zero-order valence-electron chi connectivity index (χ0n) is 12.2. The summed E-state index contributed by atoms with van der Waals surface area (Å²) in [5, 5.41) is 0.580. The van der Waals surface area contributed by atoms with Gasteiger partial charge in [-0.25, -0.2) is 18.1 Å². The fraction of sp³-hybridized carbons (Fsp3) is 0.133. The molecule has 2 aromatic heterocycles. The summed E-state index contributed by atoms with van der Waals surface area (Å²) < 4.78 is 34.2. The van der Waals surface area contributed by atoms with Crippen LogP contribution in [0.5, 0.6) is 5.75 Å². The van der Waals surface area contributed by atoms with Gasteiger partial charge in [0.05, 0.1) is 24.4 Å². The maximum Gasteiger partial charge on any atom is 0.244 e. The number of ether oxygens (including phenoxy) is 1. The normalized spacial score (nSPS) is 11.7. The van der Waals surface area contributed by atoms with Crippen molar-refractivity contribution in [3.63, 3.8) is 0 Å². The molecular weight excluding hydrogens is 338 g/mol. The van der Waals surface area contributed by atoms with Crippen molar-refractivity contribution in [2.75, 3.05) is 7.11 Å². The van der Waals surface area contributed by atoms with Crippen molar-refractivity contribution < 1.29 is 13.2 Å². The van der Waals surface area contributed by atoms with Crippen LogP contribution in [0.15, 0.2) is 53.7 Å². The summed E-state index contributed by atoms with van der Waals surface area (Å²) in [6, 6.07) is 9.94. The van der Waals surface area contributed by atoms with Crippen LogP contribution in [0, 0.1) is 0 Å². The predicted molar refractivity (Wildman–Crippen MR) is 87.2 cm³/mol. The second kappa shape index (κ2) is 6.19. The smallest absolute Gasteiger partial charge is 0.244 e. The lowest BCUT2D eigenvalue weighted by Gasteiger charge is -2.09. The SMILES string of the molecule is COc1ccccc1S(=O)(=O)NCc1cn2cc(Cl)ccc2n1. The van der Waals surface area contributed by atoms with E-state index in [4.69, 9.17) is 16.3 Å². The van der Waals surface area contributed by atoms with Gasteiger partial charge in [-0.15, -0.1) is 0 Å². The standard InChI is InChI=1S/C15H14ClN3O3S/c1-22-13-4-2-3-5-14(13)23(20,21)17-8-12-10-19-9-11(16)6-7-15(19)18-12/h2-7,9-10,17H,8H2,1H3. The summed E-state index contributed by atoms with van der Waals surface area (Å²) in [4.78, 5) is 4.43. The van der Waals surface area contributed by atoms with E-state index in [0.29, 0.717) is 22.1 Å². The topological polar surface area (TPSA) is 72.7 Å². The van der Waals surface area contributed by atoms with Crippen LogP contribution in [0.4, 0.5) is 0 Å². The first kappa shape index (κ1) is 15.8. The van der Waals surface area contributed by atoms with E-state index in [9.17, 15) is 8.42 Å². The first-order valence-electron chi connectivity index (χ1n) is 6.75. The first-order valence-corrected chi connectivity index (χ1v) is 8.61. The Hall–Kier alpha value is -2.09. The third kappa shape index (κ3) is 3.31. The fourth-order valence-corrected chi connectivity index (χ4v) is 3.53. The average molecular weight is 352 g/mol. The molecule has 0 atom stereocenters. The van der Waals surface area contributed by atoms with E-state index in [1.807, 2.05) is 0 Å². The molecule has 8 heteroatoms.